The average Bonchev–Trinajstić information content (AvgIpc) is 2.59. The number of amides is 2. The highest BCUT2D eigenvalue weighted by Gasteiger charge is 2.24. The monoisotopic (exact) mass is 342 g/mol. The molecule has 126 valence electrons. The Morgan fingerprint density at radius 2 is 1.79 bits per heavy atom. The molecule has 0 saturated carbocycles. The molecule has 0 atom stereocenters. The number of carbonyl (C=O) groups is 2. The Labute approximate surface area is 147 Å². The van der Waals surface area contributed by atoms with E-state index in [-0.39, 0.29) is 6.04 Å². The molecule has 0 aliphatic carbocycles. The van der Waals surface area contributed by atoms with Crippen LogP contribution in [0.2, 0.25) is 0 Å². The number of anilines is 1. The van der Waals surface area contributed by atoms with Gasteiger partial charge >= 0.3 is 11.8 Å². The summed E-state index contributed by atoms with van der Waals surface area (Å²) in [5.41, 5.74) is 1.63. The van der Waals surface area contributed by atoms with E-state index in [1.54, 1.807) is 22.7 Å². The minimum atomic E-state index is -0.613. The second-order valence-electron chi connectivity index (χ2n) is 5.70. The first-order chi connectivity index (χ1) is 11.5. The van der Waals surface area contributed by atoms with Crippen molar-refractivity contribution in [1.82, 2.24) is 4.90 Å². The number of rotatable bonds is 5. The maximum atomic E-state index is 12.6. The number of thioether (sulfide) groups is 1. The lowest BCUT2D eigenvalue weighted by Gasteiger charge is -2.26. The van der Waals surface area contributed by atoms with Crippen molar-refractivity contribution >= 4 is 29.3 Å². The Bertz CT molecular complexity index is 702. The molecule has 2 aromatic rings. The van der Waals surface area contributed by atoms with Gasteiger partial charge in [0.1, 0.15) is 0 Å². The average molecular weight is 342 g/mol. The van der Waals surface area contributed by atoms with E-state index in [4.69, 9.17) is 0 Å². The first kappa shape index (κ1) is 18.1. The Balaban J connectivity index is 2.09. The van der Waals surface area contributed by atoms with E-state index in [0.29, 0.717) is 12.2 Å². The Kier molecular flexibility index (Phi) is 6.44. The summed E-state index contributed by atoms with van der Waals surface area (Å²) in [5.74, 6) is -1.14. The Hall–Kier alpha value is -2.27. The van der Waals surface area contributed by atoms with E-state index >= 15 is 0 Å². The SMILES string of the molecule is CSc1cccc(NC(=O)C(=O)N(Cc2ccccc2)C(C)C)c1. The van der Waals surface area contributed by atoms with Gasteiger partial charge in [0.05, 0.1) is 0 Å². The molecule has 0 radical (unpaired) electrons. The second-order valence-corrected chi connectivity index (χ2v) is 6.58. The summed E-state index contributed by atoms with van der Waals surface area (Å²) in [4.78, 5) is 27.5. The second kappa shape index (κ2) is 8.55. The minimum absolute atomic E-state index is 0.0685. The fraction of sp³-hybridized carbons (Fsp3) is 0.263. The fourth-order valence-corrected chi connectivity index (χ4v) is 2.74. The molecular weight excluding hydrogens is 320 g/mol. The lowest BCUT2D eigenvalue weighted by Crippen LogP contribution is -2.43. The Morgan fingerprint density at radius 1 is 1.08 bits per heavy atom. The molecular formula is C19H22N2O2S. The number of nitrogens with one attached hydrogen (secondary N) is 1. The van der Waals surface area contributed by atoms with Gasteiger partial charge in [-0.25, -0.2) is 0 Å². The maximum absolute atomic E-state index is 12.6. The smallest absolute Gasteiger partial charge is 0.313 e. The minimum Gasteiger partial charge on any atom is -0.328 e. The van der Waals surface area contributed by atoms with Crippen molar-refractivity contribution in [3.8, 4) is 0 Å². The van der Waals surface area contributed by atoms with Crippen LogP contribution in [0.4, 0.5) is 5.69 Å². The molecule has 2 aromatic carbocycles. The van der Waals surface area contributed by atoms with Gasteiger partial charge in [0.15, 0.2) is 0 Å². The third-order valence-corrected chi connectivity index (χ3v) is 4.33. The van der Waals surface area contributed by atoms with Crippen LogP contribution in [0, 0.1) is 0 Å². The number of nitrogens with zero attached hydrogens (tertiary/aromatic N) is 1. The lowest BCUT2D eigenvalue weighted by atomic mass is 10.2. The summed E-state index contributed by atoms with van der Waals surface area (Å²) in [6, 6.07) is 17.0. The molecule has 0 fully saturated rings. The van der Waals surface area contributed by atoms with Gasteiger partial charge in [-0.1, -0.05) is 36.4 Å². The van der Waals surface area contributed by atoms with Crippen molar-refractivity contribution in [2.75, 3.05) is 11.6 Å². The van der Waals surface area contributed by atoms with Gasteiger partial charge < -0.3 is 10.2 Å². The highest BCUT2D eigenvalue weighted by molar-refractivity contribution is 7.98. The predicted molar refractivity (Wildman–Crippen MR) is 99.0 cm³/mol. The van der Waals surface area contributed by atoms with Gasteiger partial charge in [0, 0.05) is 23.2 Å². The van der Waals surface area contributed by atoms with E-state index in [1.165, 1.54) is 0 Å². The van der Waals surface area contributed by atoms with Crippen molar-refractivity contribution in [2.24, 2.45) is 0 Å². The fourth-order valence-electron chi connectivity index (χ4n) is 2.28. The molecule has 2 rings (SSSR count). The molecule has 24 heavy (non-hydrogen) atoms. The van der Waals surface area contributed by atoms with Crippen LogP contribution in [0.25, 0.3) is 0 Å². The number of hydrogen-bond acceptors (Lipinski definition) is 3. The largest absolute Gasteiger partial charge is 0.328 e. The normalized spacial score (nSPS) is 10.5. The number of hydrogen-bond donors (Lipinski definition) is 1. The molecule has 0 saturated heterocycles. The van der Waals surface area contributed by atoms with E-state index in [2.05, 4.69) is 5.32 Å². The van der Waals surface area contributed by atoms with E-state index in [1.807, 2.05) is 68.6 Å². The topological polar surface area (TPSA) is 49.4 Å². The van der Waals surface area contributed by atoms with Crippen LogP contribution in [-0.4, -0.2) is 29.0 Å². The summed E-state index contributed by atoms with van der Waals surface area (Å²) in [5, 5.41) is 2.69. The van der Waals surface area contributed by atoms with Gasteiger partial charge in [-0.15, -0.1) is 11.8 Å². The van der Waals surface area contributed by atoms with Gasteiger partial charge in [-0.05, 0) is 43.9 Å². The summed E-state index contributed by atoms with van der Waals surface area (Å²) < 4.78 is 0. The predicted octanol–water partition coefficient (Wildman–Crippen LogP) is 3.78. The summed E-state index contributed by atoms with van der Waals surface area (Å²) >= 11 is 1.58. The molecule has 0 aliphatic heterocycles. The third kappa shape index (κ3) is 4.86. The highest BCUT2D eigenvalue weighted by Crippen LogP contribution is 2.19. The van der Waals surface area contributed by atoms with Crippen LogP contribution in [-0.2, 0) is 16.1 Å². The third-order valence-electron chi connectivity index (χ3n) is 3.60. The number of benzene rings is 2. The quantitative estimate of drug-likeness (QED) is 0.664. The lowest BCUT2D eigenvalue weighted by molar-refractivity contribution is -0.144. The van der Waals surface area contributed by atoms with Gasteiger partial charge in [-0.3, -0.25) is 9.59 Å². The van der Waals surface area contributed by atoms with Gasteiger partial charge in [0.25, 0.3) is 0 Å². The molecule has 1 N–H and O–H groups in total. The van der Waals surface area contributed by atoms with Crippen LogP contribution in [0.1, 0.15) is 19.4 Å². The van der Waals surface area contributed by atoms with Gasteiger partial charge in [0.2, 0.25) is 0 Å². The summed E-state index contributed by atoms with van der Waals surface area (Å²) in [6.07, 6.45) is 1.96. The molecule has 0 aliphatic rings. The van der Waals surface area contributed by atoms with Crippen molar-refractivity contribution in [2.45, 2.75) is 31.3 Å². The van der Waals surface area contributed by atoms with Gasteiger partial charge in [-0.2, -0.15) is 0 Å². The summed E-state index contributed by atoms with van der Waals surface area (Å²) in [6.45, 7) is 4.22. The highest BCUT2D eigenvalue weighted by atomic mass is 32.2. The zero-order chi connectivity index (χ0) is 17.5. The zero-order valence-electron chi connectivity index (χ0n) is 14.2. The standard InChI is InChI=1S/C19H22N2O2S/c1-14(2)21(13-15-8-5-4-6-9-15)19(23)18(22)20-16-10-7-11-17(12-16)24-3/h4-12,14H,13H2,1-3H3,(H,20,22). The van der Waals surface area contributed by atoms with Crippen LogP contribution < -0.4 is 5.32 Å². The molecule has 0 aromatic heterocycles. The van der Waals surface area contributed by atoms with Crippen molar-refractivity contribution in [3.05, 3.63) is 60.2 Å². The summed E-state index contributed by atoms with van der Waals surface area (Å²) in [7, 11) is 0. The molecule has 4 nitrogen and oxygen atoms in total. The molecule has 2 amide bonds. The molecule has 0 heterocycles. The Morgan fingerprint density at radius 3 is 2.42 bits per heavy atom. The van der Waals surface area contributed by atoms with Crippen molar-refractivity contribution in [1.29, 1.82) is 0 Å². The van der Waals surface area contributed by atoms with E-state index in [0.717, 1.165) is 10.5 Å². The van der Waals surface area contributed by atoms with E-state index < -0.39 is 11.8 Å². The van der Waals surface area contributed by atoms with Crippen LogP contribution >= 0.6 is 11.8 Å². The maximum Gasteiger partial charge on any atom is 0.313 e. The van der Waals surface area contributed by atoms with Crippen molar-refractivity contribution in [3.63, 3.8) is 0 Å². The van der Waals surface area contributed by atoms with Crippen molar-refractivity contribution < 1.29 is 9.59 Å². The molecule has 0 spiro atoms. The zero-order valence-corrected chi connectivity index (χ0v) is 15.0. The van der Waals surface area contributed by atoms with Crippen LogP contribution in [0.3, 0.4) is 0 Å². The molecule has 5 heteroatoms. The molecule has 0 bridgehead atoms. The first-order valence-corrected chi connectivity index (χ1v) is 9.03. The van der Waals surface area contributed by atoms with Crippen LogP contribution in [0.15, 0.2) is 59.5 Å². The molecule has 0 unspecified atom stereocenters. The number of carbonyl (C=O) groups excluding carboxylic acids is 2. The first-order valence-electron chi connectivity index (χ1n) is 7.81. The van der Waals surface area contributed by atoms with E-state index in [9.17, 15) is 9.59 Å². The van der Waals surface area contributed by atoms with Crippen LogP contribution in [0.5, 0.6) is 0 Å².